The van der Waals surface area contributed by atoms with Gasteiger partial charge in [-0.15, -0.1) is 11.3 Å². The number of amides is 2. The standard InChI is InChI=1S/C31H37N7O9S3/c1-21-9-11-22(12-10-21)49(44,45)36-31(32)34-15-5-8-24(28(42)29-33-16-19-48-29)35-26(39)20-37-17-18-38(25(30(37)43)13-14-27(40)41)50(46,47)23-6-3-2-4-7-23/h2-4,6-7,9-12,16,19,24-25H,5,8,13-15,17-18,20H2,1H3,(H,35,39)(H,40,41)(H3,32,34,36)/t24-,25+/m0/s1. The summed E-state index contributed by atoms with van der Waals surface area (Å²) in [5.41, 5.74) is 0.870. The van der Waals surface area contributed by atoms with Gasteiger partial charge in [-0.05, 0) is 50.5 Å². The maximum Gasteiger partial charge on any atom is 0.303 e. The van der Waals surface area contributed by atoms with E-state index in [0.29, 0.717) is 0 Å². The van der Waals surface area contributed by atoms with Crippen LogP contribution in [0.2, 0.25) is 0 Å². The van der Waals surface area contributed by atoms with Crippen LogP contribution in [0.25, 0.3) is 0 Å². The maximum absolute atomic E-state index is 13.5. The number of benzene rings is 2. The molecule has 0 saturated carbocycles. The number of carbonyl (C=O) groups excluding carboxylic acids is 3. The van der Waals surface area contributed by atoms with Gasteiger partial charge in [0.2, 0.25) is 33.6 Å². The molecule has 2 aromatic carbocycles. The van der Waals surface area contributed by atoms with Gasteiger partial charge in [0, 0.05) is 37.6 Å². The Morgan fingerprint density at radius 2 is 1.74 bits per heavy atom. The summed E-state index contributed by atoms with van der Waals surface area (Å²) in [6, 6.07) is 11.1. The van der Waals surface area contributed by atoms with E-state index in [0.717, 1.165) is 26.1 Å². The molecule has 0 unspecified atom stereocenters. The van der Waals surface area contributed by atoms with Gasteiger partial charge in [0.15, 0.2) is 5.01 Å². The van der Waals surface area contributed by atoms with Crippen LogP contribution in [0.1, 0.15) is 41.0 Å². The summed E-state index contributed by atoms with van der Waals surface area (Å²) in [5, 5.41) is 24.3. The predicted molar refractivity (Wildman–Crippen MR) is 182 cm³/mol. The van der Waals surface area contributed by atoms with Crippen LogP contribution in [0.5, 0.6) is 0 Å². The van der Waals surface area contributed by atoms with Gasteiger partial charge in [-0.2, -0.15) is 4.31 Å². The number of nitrogens with zero attached hydrogens (tertiary/aromatic N) is 3. The van der Waals surface area contributed by atoms with Crippen LogP contribution >= 0.6 is 11.3 Å². The van der Waals surface area contributed by atoms with Crippen molar-refractivity contribution < 1.29 is 41.1 Å². The number of Topliss-reactive ketones (excluding diaryl/α,β-unsaturated/α-hetero) is 1. The Morgan fingerprint density at radius 3 is 2.38 bits per heavy atom. The van der Waals surface area contributed by atoms with E-state index in [1.165, 1.54) is 42.6 Å². The summed E-state index contributed by atoms with van der Waals surface area (Å²) >= 11 is 1.07. The minimum Gasteiger partial charge on any atom is -0.481 e. The van der Waals surface area contributed by atoms with E-state index in [9.17, 15) is 41.1 Å². The number of carboxylic acid groups (broad SMARTS) is 1. The fraction of sp³-hybridized carbons (Fsp3) is 0.355. The Bertz CT molecular complexity index is 1910. The number of hydrogen-bond donors (Lipinski definition) is 5. The molecule has 1 fully saturated rings. The Balaban J connectivity index is 1.38. The van der Waals surface area contributed by atoms with Crippen molar-refractivity contribution in [3.05, 3.63) is 76.7 Å². The lowest BCUT2D eigenvalue weighted by molar-refractivity contribution is -0.144. The molecule has 1 aliphatic heterocycles. The molecule has 0 spiro atoms. The number of thiazole rings is 1. The highest BCUT2D eigenvalue weighted by atomic mass is 32.2. The zero-order valence-corrected chi connectivity index (χ0v) is 29.4. The molecule has 0 radical (unpaired) electrons. The van der Waals surface area contributed by atoms with E-state index < -0.39 is 74.6 Å². The van der Waals surface area contributed by atoms with Gasteiger partial charge in [0.1, 0.15) is 6.04 Å². The number of aliphatic carboxylic acids is 1. The molecule has 5 N–H and O–H groups in total. The molecule has 3 aromatic rings. The molecule has 0 aliphatic carbocycles. The number of ketones is 1. The number of guanidine groups is 1. The molecule has 0 bridgehead atoms. The van der Waals surface area contributed by atoms with E-state index in [2.05, 4.69) is 20.3 Å². The fourth-order valence-corrected chi connectivity index (χ4v) is 8.37. The Morgan fingerprint density at radius 1 is 1.04 bits per heavy atom. The van der Waals surface area contributed by atoms with Crippen LogP contribution in [-0.2, 0) is 34.4 Å². The maximum atomic E-state index is 13.5. The highest BCUT2D eigenvalue weighted by molar-refractivity contribution is 7.90. The van der Waals surface area contributed by atoms with Crippen LogP contribution in [0.4, 0.5) is 0 Å². The van der Waals surface area contributed by atoms with Gasteiger partial charge in [-0.3, -0.25) is 24.6 Å². The number of rotatable bonds is 16. The van der Waals surface area contributed by atoms with Crippen LogP contribution in [0, 0.1) is 12.3 Å². The lowest BCUT2D eigenvalue weighted by Crippen LogP contribution is -2.60. The second kappa shape index (κ2) is 16.8. The number of piperazine rings is 1. The summed E-state index contributed by atoms with van der Waals surface area (Å²) < 4.78 is 55.0. The summed E-state index contributed by atoms with van der Waals surface area (Å²) in [4.78, 5) is 56.5. The van der Waals surface area contributed by atoms with Gasteiger partial charge in [0.25, 0.3) is 10.0 Å². The van der Waals surface area contributed by atoms with Gasteiger partial charge in [-0.25, -0.2) is 26.5 Å². The second-order valence-electron chi connectivity index (χ2n) is 11.3. The first-order valence-corrected chi connectivity index (χ1v) is 19.2. The van der Waals surface area contributed by atoms with Crippen molar-refractivity contribution in [1.29, 1.82) is 5.41 Å². The average molecular weight is 748 g/mol. The zero-order chi connectivity index (χ0) is 36.5. The normalized spacial score (nSPS) is 16.0. The van der Waals surface area contributed by atoms with E-state index in [4.69, 9.17) is 5.41 Å². The van der Waals surface area contributed by atoms with Crippen LogP contribution in [-0.4, -0.2) is 104 Å². The quantitative estimate of drug-likeness (QED) is 0.0604. The highest BCUT2D eigenvalue weighted by Crippen LogP contribution is 2.25. The molecule has 16 nitrogen and oxygen atoms in total. The Kier molecular flexibility index (Phi) is 12.8. The number of nitrogens with one attached hydrogen (secondary N) is 4. The number of sulfonamides is 2. The molecule has 2 atom stereocenters. The summed E-state index contributed by atoms with van der Waals surface area (Å²) in [6.07, 6.45) is 0.905. The monoisotopic (exact) mass is 747 g/mol. The van der Waals surface area contributed by atoms with Crippen molar-refractivity contribution in [3.63, 3.8) is 0 Å². The molecule has 268 valence electrons. The van der Waals surface area contributed by atoms with E-state index >= 15 is 0 Å². The molecule has 19 heteroatoms. The summed E-state index contributed by atoms with van der Waals surface area (Å²) in [7, 11) is -8.16. The molecule has 1 saturated heterocycles. The van der Waals surface area contributed by atoms with Crippen LogP contribution in [0.3, 0.4) is 0 Å². The molecular weight excluding hydrogens is 711 g/mol. The SMILES string of the molecule is Cc1ccc(S(=O)(=O)NC(=N)NCCC[C@H](NC(=O)CN2CCN(S(=O)(=O)c3ccccc3)[C@H](CCC(=O)O)C2=O)C(=O)c2nccs2)cc1. The molecule has 1 aromatic heterocycles. The van der Waals surface area contributed by atoms with Gasteiger partial charge in [-0.1, -0.05) is 35.9 Å². The fourth-order valence-electron chi connectivity index (χ4n) is 5.16. The third kappa shape index (κ3) is 9.93. The van der Waals surface area contributed by atoms with Crippen LogP contribution < -0.4 is 15.4 Å². The Hall–Kier alpha value is -4.72. The van der Waals surface area contributed by atoms with Gasteiger partial charge >= 0.3 is 5.97 Å². The first-order valence-electron chi connectivity index (χ1n) is 15.4. The van der Waals surface area contributed by atoms with Gasteiger partial charge in [0.05, 0.1) is 22.4 Å². The summed E-state index contributed by atoms with van der Waals surface area (Å²) in [6.45, 7) is 1.01. The van der Waals surface area contributed by atoms with Gasteiger partial charge < -0.3 is 20.6 Å². The second-order valence-corrected chi connectivity index (χ2v) is 15.8. The molecule has 1 aliphatic rings. The minimum absolute atomic E-state index is 0.0163. The topological polar surface area (TPSA) is 236 Å². The van der Waals surface area contributed by atoms with Crippen molar-refractivity contribution >= 4 is 60.9 Å². The largest absolute Gasteiger partial charge is 0.481 e. The van der Waals surface area contributed by atoms with Crippen molar-refractivity contribution in [2.75, 3.05) is 26.2 Å². The first kappa shape index (κ1) is 38.1. The smallest absolute Gasteiger partial charge is 0.303 e. The molecule has 2 amide bonds. The molecule has 2 heterocycles. The molecule has 4 rings (SSSR count). The number of aryl methyl sites for hydroxylation is 1. The number of carbonyl (C=O) groups is 4. The Labute approximate surface area is 293 Å². The number of hydrogen-bond acceptors (Lipinski definition) is 11. The van der Waals surface area contributed by atoms with Crippen molar-refractivity contribution in [1.82, 2.24) is 29.5 Å². The third-order valence-corrected chi connectivity index (χ3v) is 11.8. The minimum atomic E-state index is -4.16. The highest BCUT2D eigenvalue weighted by Gasteiger charge is 2.42. The van der Waals surface area contributed by atoms with Crippen molar-refractivity contribution in [2.24, 2.45) is 0 Å². The first-order chi connectivity index (χ1) is 23.7. The average Bonchev–Trinajstić information content (AvgIpc) is 3.61. The van der Waals surface area contributed by atoms with E-state index in [-0.39, 0.29) is 53.7 Å². The number of aromatic nitrogens is 1. The van der Waals surface area contributed by atoms with E-state index in [1.54, 1.807) is 23.6 Å². The predicted octanol–water partition coefficient (Wildman–Crippen LogP) is 1.17. The third-order valence-electron chi connectivity index (χ3n) is 7.68. The zero-order valence-electron chi connectivity index (χ0n) is 26.9. The van der Waals surface area contributed by atoms with E-state index in [1.807, 2.05) is 6.92 Å². The molecular formula is C31H37N7O9S3. The number of carboxylic acids is 1. The lowest BCUT2D eigenvalue weighted by atomic mass is 10.1. The van der Waals surface area contributed by atoms with Crippen molar-refractivity contribution in [3.8, 4) is 0 Å². The molecule has 50 heavy (non-hydrogen) atoms. The lowest BCUT2D eigenvalue weighted by Gasteiger charge is -2.39. The summed E-state index contributed by atoms with van der Waals surface area (Å²) in [5.74, 6) is -3.65. The van der Waals surface area contributed by atoms with Crippen LogP contribution in [0.15, 0.2) is 76.0 Å². The van der Waals surface area contributed by atoms with Crippen molar-refractivity contribution in [2.45, 2.75) is 54.5 Å².